The van der Waals surface area contributed by atoms with Gasteiger partial charge in [0.1, 0.15) is 5.52 Å². The lowest BCUT2D eigenvalue weighted by atomic mass is 10.1. The van der Waals surface area contributed by atoms with Crippen molar-refractivity contribution < 1.29 is 4.79 Å². The van der Waals surface area contributed by atoms with Gasteiger partial charge in [-0.05, 0) is 19.1 Å². The summed E-state index contributed by atoms with van der Waals surface area (Å²) in [5, 5.41) is 8.93. The van der Waals surface area contributed by atoms with Gasteiger partial charge in [-0.25, -0.2) is 0 Å². The Morgan fingerprint density at radius 1 is 1.37 bits per heavy atom. The Hall–Kier alpha value is -1.88. The van der Waals surface area contributed by atoms with Crippen molar-refractivity contribution in [1.29, 1.82) is 0 Å². The van der Waals surface area contributed by atoms with Crippen molar-refractivity contribution in [2.24, 2.45) is 0 Å². The molecule has 0 radical (unpaired) electrons. The van der Waals surface area contributed by atoms with Crippen molar-refractivity contribution >= 4 is 22.9 Å². The van der Waals surface area contributed by atoms with Crippen LogP contribution in [0, 0.1) is 0 Å². The number of aldehydes is 1. The van der Waals surface area contributed by atoms with Gasteiger partial charge in [0.25, 0.3) is 0 Å². The van der Waals surface area contributed by atoms with E-state index in [1.165, 1.54) is 5.69 Å². The van der Waals surface area contributed by atoms with Gasteiger partial charge in [0, 0.05) is 55.6 Å². The summed E-state index contributed by atoms with van der Waals surface area (Å²) in [7, 11) is 0. The number of aromatic nitrogens is 2. The second-order valence-electron chi connectivity index (χ2n) is 4.78. The molecule has 2 aromatic rings. The molecule has 1 aromatic carbocycles. The van der Waals surface area contributed by atoms with Gasteiger partial charge < -0.3 is 10.2 Å². The van der Waals surface area contributed by atoms with E-state index in [4.69, 9.17) is 0 Å². The Balaban J connectivity index is 2.13. The Kier molecular flexibility index (Phi) is 3.21. The Morgan fingerprint density at radius 2 is 2.16 bits per heavy atom. The number of fused-ring (bicyclic) bond motifs is 1. The van der Waals surface area contributed by atoms with Crippen LogP contribution in [0.25, 0.3) is 10.9 Å². The van der Waals surface area contributed by atoms with Crippen LogP contribution in [0.2, 0.25) is 0 Å². The maximum Gasteiger partial charge on any atom is 0.152 e. The fourth-order valence-electron chi connectivity index (χ4n) is 2.60. The third-order valence-corrected chi connectivity index (χ3v) is 3.64. The van der Waals surface area contributed by atoms with Crippen LogP contribution in [0.1, 0.15) is 17.3 Å². The van der Waals surface area contributed by atoms with Gasteiger partial charge >= 0.3 is 0 Å². The average Bonchev–Trinajstić information content (AvgIpc) is 2.91. The molecule has 1 aliphatic heterocycles. The smallest absolute Gasteiger partial charge is 0.152 e. The molecular weight excluding hydrogens is 240 g/mol. The van der Waals surface area contributed by atoms with Crippen LogP contribution in [-0.4, -0.2) is 42.2 Å². The monoisotopic (exact) mass is 258 g/mol. The summed E-state index contributed by atoms with van der Waals surface area (Å²) >= 11 is 0. The van der Waals surface area contributed by atoms with E-state index in [1.54, 1.807) is 0 Å². The van der Waals surface area contributed by atoms with Crippen LogP contribution in [0.15, 0.2) is 18.3 Å². The maximum atomic E-state index is 11.1. The fourth-order valence-corrected chi connectivity index (χ4v) is 2.60. The zero-order chi connectivity index (χ0) is 13.2. The third kappa shape index (κ3) is 2.10. The van der Waals surface area contributed by atoms with Gasteiger partial charge in [0.15, 0.2) is 6.29 Å². The quantitative estimate of drug-likeness (QED) is 0.843. The summed E-state index contributed by atoms with van der Waals surface area (Å²) < 4.78 is 1.89. The molecule has 0 spiro atoms. The van der Waals surface area contributed by atoms with Crippen molar-refractivity contribution in [2.45, 2.75) is 13.5 Å². The molecule has 1 N–H and O–H groups in total. The Morgan fingerprint density at radius 3 is 2.84 bits per heavy atom. The number of piperazine rings is 1. The number of hydrogen-bond acceptors (Lipinski definition) is 4. The van der Waals surface area contributed by atoms with Gasteiger partial charge in [-0.15, -0.1) is 0 Å². The van der Waals surface area contributed by atoms with E-state index < -0.39 is 0 Å². The largest absolute Gasteiger partial charge is 0.368 e. The average molecular weight is 258 g/mol. The number of anilines is 1. The van der Waals surface area contributed by atoms with Crippen molar-refractivity contribution in [3.63, 3.8) is 0 Å². The number of rotatable bonds is 3. The highest BCUT2D eigenvalue weighted by atomic mass is 16.1. The molecule has 1 aromatic heterocycles. The normalized spacial score (nSPS) is 15.9. The van der Waals surface area contributed by atoms with E-state index in [2.05, 4.69) is 22.2 Å². The minimum atomic E-state index is 0.668. The molecule has 3 rings (SSSR count). The van der Waals surface area contributed by atoms with Crippen LogP contribution >= 0.6 is 0 Å². The lowest BCUT2D eigenvalue weighted by Gasteiger charge is -2.30. The predicted octanol–water partition coefficient (Wildman–Crippen LogP) is 1.28. The molecule has 0 aliphatic carbocycles. The van der Waals surface area contributed by atoms with E-state index in [1.807, 2.05) is 23.0 Å². The molecule has 0 bridgehead atoms. The molecule has 1 saturated heterocycles. The first-order valence-electron chi connectivity index (χ1n) is 6.74. The fraction of sp³-hybridized carbons (Fsp3) is 0.429. The second kappa shape index (κ2) is 5.01. The highest BCUT2D eigenvalue weighted by molar-refractivity contribution is 6.01. The van der Waals surface area contributed by atoms with Gasteiger partial charge in [0.05, 0.1) is 0 Å². The molecule has 1 aliphatic rings. The van der Waals surface area contributed by atoms with Gasteiger partial charge in [-0.3, -0.25) is 9.48 Å². The molecule has 19 heavy (non-hydrogen) atoms. The van der Waals surface area contributed by atoms with Crippen LogP contribution in [0.4, 0.5) is 5.69 Å². The standard InChI is InChI=1S/C14H18N4O/c1-2-18-9-12-13(17-7-5-15-6-8-17)4-3-11(10-19)14(12)16-18/h3-4,9-10,15H,2,5-8H2,1H3. The first-order chi connectivity index (χ1) is 9.33. The van der Waals surface area contributed by atoms with E-state index in [9.17, 15) is 4.79 Å². The van der Waals surface area contributed by atoms with Crippen LogP contribution in [0.5, 0.6) is 0 Å². The molecule has 5 nitrogen and oxygen atoms in total. The summed E-state index contributed by atoms with van der Waals surface area (Å²) in [6.07, 6.45) is 2.93. The molecular formula is C14H18N4O. The minimum absolute atomic E-state index is 0.668. The summed E-state index contributed by atoms with van der Waals surface area (Å²) in [6, 6.07) is 3.92. The van der Waals surface area contributed by atoms with E-state index >= 15 is 0 Å². The van der Waals surface area contributed by atoms with Gasteiger partial charge in [-0.1, -0.05) is 0 Å². The van der Waals surface area contributed by atoms with E-state index in [0.29, 0.717) is 5.56 Å². The summed E-state index contributed by atoms with van der Waals surface area (Å²) in [6.45, 7) is 6.85. The highest BCUT2D eigenvalue weighted by Gasteiger charge is 2.16. The van der Waals surface area contributed by atoms with E-state index in [0.717, 1.165) is 49.9 Å². The first-order valence-corrected chi connectivity index (χ1v) is 6.74. The van der Waals surface area contributed by atoms with E-state index in [-0.39, 0.29) is 0 Å². The number of benzene rings is 1. The summed E-state index contributed by atoms with van der Waals surface area (Å²) in [4.78, 5) is 13.5. The lowest BCUT2D eigenvalue weighted by molar-refractivity contribution is 0.112. The molecule has 0 amide bonds. The number of carbonyl (C=O) groups excluding carboxylic acids is 1. The first kappa shape index (κ1) is 12.2. The molecule has 1 fully saturated rings. The predicted molar refractivity (Wildman–Crippen MR) is 75.9 cm³/mol. The molecule has 0 atom stereocenters. The zero-order valence-corrected chi connectivity index (χ0v) is 11.1. The maximum absolute atomic E-state index is 11.1. The summed E-state index contributed by atoms with van der Waals surface area (Å²) in [5.74, 6) is 0. The van der Waals surface area contributed by atoms with Crippen molar-refractivity contribution in [1.82, 2.24) is 15.1 Å². The number of nitrogens with zero attached hydrogens (tertiary/aromatic N) is 3. The Bertz CT molecular complexity index is 599. The second-order valence-corrected chi connectivity index (χ2v) is 4.78. The van der Waals surface area contributed by atoms with Crippen molar-refractivity contribution in [3.8, 4) is 0 Å². The summed E-state index contributed by atoms with van der Waals surface area (Å²) in [5.41, 5.74) is 2.66. The SMILES string of the molecule is CCn1cc2c(N3CCNCC3)ccc(C=O)c2n1. The Labute approximate surface area is 112 Å². The number of carbonyl (C=O) groups is 1. The zero-order valence-electron chi connectivity index (χ0n) is 11.1. The molecule has 0 saturated carbocycles. The third-order valence-electron chi connectivity index (χ3n) is 3.64. The number of aryl methyl sites for hydroxylation is 1. The van der Waals surface area contributed by atoms with Crippen molar-refractivity contribution in [2.75, 3.05) is 31.1 Å². The van der Waals surface area contributed by atoms with Crippen LogP contribution in [-0.2, 0) is 6.54 Å². The number of nitrogens with one attached hydrogen (secondary N) is 1. The lowest BCUT2D eigenvalue weighted by Crippen LogP contribution is -2.43. The number of hydrogen-bond donors (Lipinski definition) is 1. The molecule has 0 unspecified atom stereocenters. The van der Waals surface area contributed by atoms with Crippen molar-refractivity contribution in [3.05, 3.63) is 23.9 Å². The highest BCUT2D eigenvalue weighted by Crippen LogP contribution is 2.28. The van der Waals surface area contributed by atoms with Crippen LogP contribution in [0.3, 0.4) is 0 Å². The van der Waals surface area contributed by atoms with Crippen LogP contribution < -0.4 is 10.2 Å². The molecule has 100 valence electrons. The molecule has 2 heterocycles. The molecule has 5 heteroatoms. The topological polar surface area (TPSA) is 50.2 Å². The minimum Gasteiger partial charge on any atom is -0.368 e. The van der Waals surface area contributed by atoms with Gasteiger partial charge in [-0.2, -0.15) is 5.10 Å². The van der Waals surface area contributed by atoms with Gasteiger partial charge in [0.2, 0.25) is 0 Å².